The zero-order valence-corrected chi connectivity index (χ0v) is 18.4. The molecule has 2 unspecified atom stereocenters. The van der Waals surface area contributed by atoms with Crippen LogP contribution in [0.25, 0.3) is 0 Å². The van der Waals surface area contributed by atoms with Gasteiger partial charge >= 0.3 is 0 Å². The summed E-state index contributed by atoms with van der Waals surface area (Å²) in [5.74, 6) is 1.80. The van der Waals surface area contributed by atoms with Gasteiger partial charge in [-0.3, -0.25) is 4.90 Å². The van der Waals surface area contributed by atoms with Crippen molar-refractivity contribution in [2.45, 2.75) is 65.1 Å². The third-order valence-electron chi connectivity index (χ3n) is 5.79. The fourth-order valence-corrected chi connectivity index (χ4v) is 4.00. The van der Waals surface area contributed by atoms with E-state index in [0.29, 0.717) is 19.2 Å². The third-order valence-corrected chi connectivity index (χ3v) is 5.79. The predicted octanol–water partition coefficient (Wildman–Crippen LogP) is 3.09. The van der Waals surface area contributed by atoms with Gasteiger partial charge in [-0.2, -0.15) is 0 Å². The van der Waals surface area contributed by atoms with Crippen molar-refractivity contribution < 1.29 is 9.47 Å². The molecule has 2 aliphatic heterocycles. The Balaban J connectivity index is 1.57. The topological polar surface area (TPSA) is 58.1 Å². The quantitative estimate of drug-likeness (QED) is 0.517. The fraction of sp³-hybridized carbons (Fsp3) is 0.696. The van der Waals surface area contributed by atoms with E-state index < -0.39 is 0 Å². The van der Waals surface area contributed by atoms with Crippen LogP contribution in [0.5, 0.6) is 5.75 Å². The summed E-state index contributed by atoms with van der Waals surface area (Å²) in [7, 11) is 0. The lowest BCUT2D eigenvalue weighted by molar-refractivity contribution is 0.140. The van der Waals surface area contributed by atoms with Gasteiger partial charge in [0.1, 0.15) is 11.9 Å². The Morgan fingerprint density at radius 1 is 1.28 bits per heavy atom. The summed E-state index contributed by atoms with van der Waals surface area (Å²) in [4.78, 5) is 7.39. The lowest BCUT2D eigenvalue weighted by Gasteiger charge is -2.33. The van der Waals surface area contributed by atoms with Crippen LogP contribution in [0.4, 0.5) is 0 Å². The standard InChI is InChI=1S/C23H38N4O2/c1-4-24-23(25-11-13-27-12-6-5-7-19(27)3)26-16-20-9-8-18(2)15-22(20)29-21-10-14-28-17-21/h8-9,15,19,21H,4-7,10-14,16-17H2,1-3H3,(H2,24,25,26). The van der Waals surface area contributed by atoms with Gasteiger partial charge in [0.15, 0.2) is 5.96 Å². The maximum atomic E-state index is 6.21. The highest BCUT2D eigenvalue weighted by Crippen LogP contribution is 2.24. The molecule has 1 aromatic rings. The van der Waals surface area contributed by atoms with E-state index in [1.54, 1.807) is 0 Å². The number of nitrogens with zero attached hydrogens (tertiary/aromatic N) is 2. The molecule has 2 N–H and O–H groups in total. The zero-order chi connectivity index (χ0) is 20.5. The molecule has 6 heteroatoms. The van der Waals surface area contributed by atoms with E-state index in [4.69, 9.17) is 14.5 Å². The first kappa shape index (κ1) is 21.9. The second kappa shape index (κ2) is 11.4. The fourth-order valence-electron chi connectivity index (χ4n) is 4.00. The Hall–Kier alpha value is -1.79. The molecular formula is C23H38N4O2. The normalized spacial score (nSPS) is 23.2. The van der Waals surface area contributed by atoms with Crippen LogP contribution in [-0.2, 0) is 11.3 Å². The molecule has 0 aromatic heterocycles. The van der Waals surface area contributed by atoms with Crippen molar-refractivity contribution in [3.63, 3.8) is 0 Å². The van der Waals surface area contributed by atoms with E-state index in [-0.39, 0.29) is 6.10 Å². The van der Waals surface area contributed by atoms with Crippen LogP contribution in [0.15, 0.2) is 23.2 Å². The highest BCUT2D eigenvalue weighted by molar-refractivity contribution is 5.79. The van der Waals surface area contributed by atoms with Crippen molar-refractivity contribution in [3.05, 3.63) is 29.3 Å². The average Bonchev–Trinajstić information content (AvgIpc) is 3.22. The van der Waals surface area contributed by atoms with Gasteiger partial charge < -0.3 is 20.1 Å². The summed E-state index contributed by atoms with van der Waals surface area (Å²) in [5.41, 5.74) is 2.32. The molecule has 2 atom stereocenters. The van der Waals surface area contributed by atoms with Gasteiger partial charge in [0.25, 0.3) is 0 Å². The molecule has 6 nitrogen and oxygen atoms in total. The molecule has 2 fully saturated rings. The lowest BCUT2D eigenvalue weighted by Crippen LogP contribution is -2.45. The molecule has 0 aliphatic carbocycles. The minimum atomic E-state index is 0.150. The predicted molar refractivity (Wildman–Crippen MR) is 119 cm³/mol. The summed E-state index contributed by atoms with van der Waals surface area (Å²) >= 11 is 0. The van der Waals surface area contributed by atoms with Crippen molar-refractivity contribution in [1.29, 1.82) is 0 Å². The van der Waals surface area contributed by atoms with Crippen LogP contribution >= 0.6 is 0 Å². The van der Waals surface area contributed by atoms with E-state index in [1.165, 1.54) is 31.4 Å². The van der Waals surface area contributed by atoms with Gasteiger partial charge in [0.05, 0.1) is 19.8 Å². The summed E-state index contributed by atoms with van der Waals surface area (Å²) in [6, 6.07) is 7.06. The van der Waals surface area contributed by atoms with Crippen LogP contribution in [0, 0.1) is 6.92 Å². The van der Waals surface area contributed by atoms with Crippen LogP contribution in [0.3, 0.4) is 0 Å². The Bertz CT molecular complexity index is 658. The minimum Gasteiger partial charge on any atom is -0.488 e. The van der Waals surface area contributed by atoms with Gasteiger partial charge in [0.2, 0.25) is 0 Å². The molecule has 0 saturated carbocycles. The largest absolute Gasteiger partial charge is 0.488 e. The number of likely N-dealkylation sites (tertiary alicyclic amines) is 1. The van der Waals surface area contributed by atoms with Gasteiger partial charge in [-0.05, 0) is 51.8 Å². The number of nitrogens with one attached hydrogen (secondary N) is 2. The number of aryl methyl sites for hydroxylation is 1. The molecule has 0 spiro atoms. The van der Waals surface area contributed by atoms with Gasteiger partial charge in [-0.25, -0.2) is 4.99 Å². The first-order valence-corrected chi connectivity index (χ1v) is 11.3. The molecular weight excluding hydrogens is 364 g/mol. The molecule has 2 aliphatic rings. The third kappa shape index (κ3) is 6.89. The molecule has 162 valence electrons. The monoisotopic (exact) mass is 402 g/mol. The summed E-state index contributed by atoms with van der Waals surface area (Å²) in [6.45, 7) is 12.6. The SMILES string of the molecule is CCNC(=NCc1ccc(C)cc1OC1CCOC1)NCCN1CCCCC1C. The lowest BCUT2D eigenvalue weighted by atomic mass is 10.0. The molecule has 0 amide bonds. The van der Waals surface area contributed by atoms with Crippen molar-refractivity contribution in [3.8, 4) is 5.75 Å². The molecule has 29 heavy (non-hydrogen) atoms. The highest BCUT2D eigenvalue weighted by Gasteiger charge is 2.19. The average molecular weight is 403 g/mol. The number of rotatable bonds is 8. The maximum Gasteiger partial charge on any atom is 0.191 e. The van der Waals surface area contributed by atoms with Gasteiger partial charge in [-0.1, -0.05) is 18.6 Å². The second-order valence-corrected chi connectivity index (χ2v) is 8.22. The molecule has 3 rings (SSSR count). The second-order valence-electron chi connectivity index (χ2n) is 8.22. The first-order valence-electron chi connectivity index (χ1n) is 11.3. The highest BCUT2D eigenvalue weighted by atomic mass is 16.5. The van der Waals surface area contributed by atoms with Crippen molar-refractivity contribution in [2.24, 2.45) is 4.99 Å². The number of piperidine rings is 1. The number of hydrogen-bond acceptors (Lipinski definition) is 4. The van der Waals surface area contributed by atoms with Gasteiger partial charge in [-0.15, -0.1) is 0 Å². The molecule has 0 radical (unpaired) electrons. The van der Waals surface area contributed by atoms with E-state index in [9.17, 15) is 0 Å². The number of hydrogen-bond donors (Lipinski definition) is 2. The molecule has 0 bridgehead atoms. The van der Waals surface area contributed by atoms with Crippen LogP contribution in [-0.4, -0.2) is 62.4 Å². The van der Waals surface area contributed by atoms with Crippen LogP contribution in [0.1, 0.15) is 50.7 Å². The van der Waals surface area contributed by atoms with Crippen molar-refractivity contribution >= 4 is 5.96 Å². The minimum absolute atomic E-state index is 0.150. The molecule has 2 saturated heterocycles. The Morgan fingerprint density at radius 2 is 2.17 bits per heavy atom. The summed E-state index contributed by atoms with van der Waals surface area (Å²) < 4.78 is 11.7. The van der Waals surface area contributed by atoms with E-state index >= 15 is 0 Å². The number of ether oxygens (including phenoxy) is 2. The van der Waals surface area contributed by atoms with Gasteiger partial charge in [0, 0.05) is 37.7 Å². The molecule has 2 heterocycles. The number of benzene rings is 1. The summed E-state index contributed by atoms with van der Waals surface area (Å²) in [5, 5.41) is 6.86. The van der Waals surface area contributed by atoms with Crippen molar-refractivity contribution in [2.75, 3.05) is 39.4 Å². The maximum absolute atomic E-state index is 6.21. The van der Waals surface area contributed by atoms with E-state index in [0.717, 1.165) is 49.9 Å². The number of guanidine groups is 1. The Labute approximate surface area is 176 Å². The molecule has 1 aromatic carbocycles. The van der Waals surface area contributed by atoms with E-state index in [1.807, 2.05) is 0 Å². The Kier molecular flexibility index (Phi) is 8.62. The summed E-state index contributed by atoms with van der Waals surface area (Å²) in [6.07, 6.45) is 5.10. The number of aliphatic imine (C=N–C) groups is 1. The first-order chi connectivity index (χ1) is 14.2. The Morgan fingerprint density at radius 3 is 2.93 bits per heavy atom. The van der Waals surface area contributed by atoms with Crippen LogP contribution < -0.4 is 15.4 Å². The van der Waals surface area contributed by atoms with Crippen molar-refractivity contribution in [1.82, 2.24) is 15.5 Å². The van der Waals surface area contributed by atoms with E-state index in [2.05, 4.69) is 54.5 Å². The smallest absolute Gasteiger partial charge is 0.191 e. The zero-order valence-electron chi connectivity index (χ0n) is 18.4. The van der Waals surface area contributed by atoms with Crippen LogP contribution in [0.2, 0.25) is 0 Å².